The molecule has 3 nitrogen and oxygen atoms in total. The summed E-state index contributed by atoms with van der Waals surface area (Å²) in [6.07, 6.45) is 2.82. The van der Waals surface area contributed by atoms with E-state index in [2.05, 4.69) is 43.3 Å². The van der Waals surface area contributed by atoms with Crippen molar-refractivity contribution in [2.24, 2.45) is 5.84 Å². The van der Waals surface area contributed by atoms with E-state index in [9.17, 15) is 0 Å². The van der Waals surface area contributed by atoms with E-state index in [-0.39, 0.29) is 6.04 Å². The van der Waals surface area contributed by atoms with E-state index in [0.29, 0.717) is 0 Å². The highest BCUT2D eigenvalue weighted by Gasteiger charge is 2.16. The SMILES string of the molecule is Cc1cc(C)c(CC(NN)c2cnc(C)s2)c(C)c1. The molecule has 1 atom stereocenters. The van der Waals surface area contributed by atoms with Crippen LogP contribution in [0.4, 0.5) is 0 Å². The maximum atomic E-state index is 5.72. The predicted molar refractivity (Wildman–Crippen MR) is 81.3 cm³/mol. The zero-order valence-electron chi connectivity index (χ0n) is 11.9. The number of thiazole rings is 1. The van der Waals surface area contributed by atoms with Crippen molar-refractivity contribution in [2.45, 2.75) is 40.2 Å². The largest absolute Gasteiger partial charge is 0.271 e. The van der Waals surface area contributed by atoms with Crippen molar-refractivity contribution in [3.05, 3.63) is 50.5 Å². The first-order valence-electron chi connectivity index (χ1n) is 6.46. The number of rotatable bonds is 4. The molecule has 1 aromatic carbocycles. The van der Waals surface area contributed by atoms with Crippen molar-refractivity contribution in [3.63, 3.8) is 0 Å². The minimum atomic E-state index is 0.131. The van der Waals surface area contributed by atoms with E-state index < -0.39 is 0 Å². The second kappa shape index (κ2) is 5.82. The first-order valence-corrected chi connectivity index (χ1v) is 7.28. The second-order valence-electron chi connectivity index (χ2n) is 5.08. The Bertz CT molecular complexity index is 552. The van der Waals surface area contributed by atoms with Gasteiger partial charge in [0.2, 0.25) is 0 Å². The number of aryl methyl sites for hydroxylation is 4. The lowest BCUT2D eigenvalue weighted by Gasteiger charge is -2.18. The van der Waals surface area contributed by atoms with Crippen molar-refractivity contribution in [1.82, 2.24) is 10.4 Å². The zero-order chi connectivity index (χ0) is 14.0. The molecule has 19 heavy (non-hydrogen) atoms. The van der Waals surface area contributed by atoms with Crippen LogP contribution in [0.5, 0.6) is 0 Å². The Morgan fingerprint density at radius 3 is 2.32 bits per heavy atom. The average molecular weight is 275 g/mol. The fraction of sp³-hybridized carbons (Fsp3) is 0.400. The van der Waals surface area contributed by atoms with Gasteiger partial charge in [-0.1, -0.05) is 17.7 Å². The number of nitrogens with one attached hydrogen (secondary N) is 1. The Kier molecular flexibility index (Phi) is 4.34. The van der Waals surface area contributed by atoms with Gasteiger partial charge in [-0.15, -0.1) is 11.3 Å². The van der Waals surface area contributed by atoms with E-state index >= 15 is 0 Å². The molecule has 0 fully saturated rings. The van der Waals surface area contributed by atoms with Crippen LogP contribution in [0, 0.1) is 27.7 Å². The molecule has 102 valence electrons. The number of benzene rings is 1. The molecule has 3 N–H and O–H groups in total. The lowest BCUT2D eigenvalue weighted by Crippen LogP contribution is -2.29. The Morgan fingerprint density at radius 1 is 1.21 bits per heavy atom. The average Bonchev–Trinajstić information content (AvgIpc) is 2.75. The highest BCUT2D eigenvalue weighted by Crippen LogP contribution is 2.26. The first kappa shape index (κ1) is 14.2. The molecule has 0 aliphatic rings. The molecule has 0 spiro atoms. The van der Waals surface area contributed by atoms with Gasteiger partial charge in [0.15, 0.2) is 0 Å². The molecular weight excluding hydrogens is 254 g/mol. The molecule has 2 rings (SSSR count). The van der Waals surface area contributed by atoms with E-state index in [1.165, 1.54) is 27.1 Å². The summed E-state index contributed by atoms with van der Waals surface area (Å²) in [6, 6.07) is 4.59. The number of aromatic nitrogens is 1. The highest BCUT2D eigenvalue weighted by molar-refractivity contribution is 7.11. The quantitative estimate of drug-likeness (QED) is 0.666. The molecule has 0 aliphatic heterocycles. The summed E-state index contributed by atoms with van der Waals surface area (Å²) in [5.74, 6) is 5.72. The first-order chi connectivity index (χ1) is 9.01. The summed E-state index contributed by atoms with van der Waals surface area (Å²) in [5.41, 5.74) is 8.27. The van der Waals surface area contributed by atoms with Gasteiger partial charge < -0.3 is 0 Å². The normalized spacial score (nSPS) is 12.7. The minimum absolute atomic E-state index is 0.131. The van der Waals surface area contributed by atoms with E-state index in [0.717, 1.165) is 11.4 Å². The van der Waals surface area contributed by atoms with E-state index in [4.69, 9.17) is 5.84 Å². The minimum Gasteiger partial charge on any atom is -0.271 e. The van der Waals surface area contributed by atoms with E-state index in [1.807, 2.05) is 13.1 Å². The number of hydrazine groups is 1. The van der Waals surface area contributed by atoms with Gasteiger partial charge in [-0.25, -0.2) is 4.98 Å². The van der Waals surface area contributed by atoms with Crippen molar-refractivity contribution >= 4 is 11.3 Å². The third kappa shape index (κ3) is 3.21. The number of nitrogens with two attached hydrogens (primary N) is 1. The molecule has 0 bridgehead atoms. The van der Waals surface area contributed by atoms with E-state index in [1.54, 1.807) is 11.3 Å². The molecule has 1 heterocycles. The Hall–Kier alpha value is -1.23. The Balaban J connectivity index is 2.28. The summed E-state index contributed by atoms with van der Waals surface area (Å²) in [5, 5.41) is 1.08. The molecule has 0 amide bonds. The lowest BCUT2D eigenvalue weighted by atomic mass is 9.94. The Labute approximate surface area is 118 Å². The van der Waals surface area contributed by atoms with Gasteiger partial charge in [0, 0.05) is 11.1 Å². The van der Waals surface area contributed by atoms with Crippen molar-refractivity contribution < 1.29 is 0 Å². The van der Waals surface area contributed by atoms with Crippen LogP contribution in [0.3, 0.4) is 0 Å². The van der Waals surface area contributed by atoms with Gasteiger partial charge in [0.25, 0.3) is 0 Å². The molecule has 4 heteroatoms. The summed E-state index contributed by atoms with van der Waals surface area (Å²) < 4.78 is 0. The fourth-order valence-corrected chi connectivity index (χ4v) is 3.36. The van der Waals surface area contributed by atoms with Gasteiger partial charge in [-0.05, 0) is 50.8 Å². The molecule has 1 aromatic heterocycles. The molecular formula is C15H21N3S. The molecule has 0 saturated heterocycles. The Morgan fingerprint density at radius 2 is 1.84 bits per heavy atom. The smallest absolute Gasteiger partial charge is 0.0897 e. The van der Waals surface area contributed by atoms with Crippen LogP contribution in [-0.4, -0.2) is 4.98 Å². The third-order valence-corrected chi connectivity index (χ3v) is 4.46. The highest BCUT2D eigenvalue weighted by atomic mass is 32.1. The topological polar surface area (TPSA) is 50.9 Å². The van der Waals surface area contributed by atoms with Crippen LogP contribution in [0.1, 0.15) is 38.2 Å². The van der Waals surface area contributed by atoms with Crippen LogP contribution < -0.4 is 11.3 Å². The zero-order valence-corrected chi connectivity index (χ0v) is 12.8. The van der Waals surface area contributed by atoms with Crippen LogP contribution in [0.25, 0.3) is 0 Å². The molecule has 0 saturated carbocycles. The molecule has 0 radical (unpaired) electrons. The molecule has 0 aliphatic carbocycles. The van der Waals surface area contributed by atoms with Gasteiger partial charge in [0.1, 0.15) is 0 Å². The fourth-order valence-electron chi connectivity index (χ4n) is 2.52. The van der Waals surface area contributed by atoms with Gasteiger partial charge in [-0.2, -0.15) is 0 Å². The van der Waals surface area contributed by atoms with Crippen LogP contribution >= 0.6 is 11.3 Å². The number of hydrogen-bond acceptors (Lipinski definition) is 4. The maximum absolute atomic E-state index is 5.72. The van der Waals surface area contributed by atoms with Gasteiger partial charge in [-0.3, -0.25) is 11.3 Å². The van der Waals surface area contributed by atoms with Gasteiger partial charge >= 0.3 is 0 Å². The van der Waals surface area contributed by atoms with Crippen molar-refractivity contribution in [3.8, 4) is 0 Å². The number of hydrogen-bond donors (Lipinski definition) is 2. The standard InChI is InChI=1S/C15H21N3S/c1-9-5-10(2)13(11(3)6-9)7-14(18-16)15-8-17-12(4)19-15/h5-6,8,14,18H,7,16H2,1-4H3. The molecule has 1 unspecified atom stereocenters. The summed E-state index contributed by atoms with van der Waals surface area (Å²) >= 11 is 1.70. The van der Waals surface area contributed by atoms with Crippen LogP contribution in [-0.2, 0) is 6.42 Å². The summed E-state index contributed by atoms with van der Waals surface area (Å²) in [6.45, 7) is 8.49. The lowest BCUT2D eigenvalue weighted by molar-refractivity contribution is 0.557. The van der Waals surface area contributed by atoms with Gasteiger partial charge in [0.05, 0.1) is 11.0 Å². The van der Waals surface area contributed by atoms with Crippen LogP contribution in [0.2, 0.25) is 0 Å². The third-order valence-electron chi connectivity index (χ3n) is 3.43. The summed E-state index contributed by atoms with van der Waals surface area (Å²) in [7, 11) is 0. The summed E-state index contributed by atoms with van der Waals surface area (Å²) in [4.78, 5) is 5.50. The molecule has 2 aromatic rings. The predicted octanol–water partition coefficient (Wildman–Crippen LogP) is 3.12. The van der Waals surface area contributed by atoms with Crippen molar-refractivity contribution in [2.75, 3.05) is 0 Å². The van der Waals surface area contributed by atoms with Crippen LogP contribution in [0.15, 0.2) is 18.3 Å². The monoisotopic (exact) mass is 275 g/mol. The second-order valence-corrected chi connectivity index (χ2v) is 6.35. The number of nitrogens with zero attached hydrogens (tertiary/aromatic N) is 1. The maximum Gasteiger partial charge on any atom is 0.0897 e. The van der Waals surface area contributed by atoms with Crippen molar-refractivity contribution in [1.29, 1.82) is 0 Å².